The van der Waals surface area contributed by atoms with E-state index in [1.54, 1.807) is 6.20 Å². The Morgan fingerprint density at radius 1 is 1.50 bits per heavy atom. The SMILES string of the molecule is O=C(O)C1CCCC(NCc2cncc(F)c2)C1. The van der Waals surface area contributed by atoms with Crippen LogP contribution in [0.3, 0.4) is 0 Å². The summed E-state index contributed by atoms with van der Waals surface area (Å²) in [6, 6.07) is 1.64. The molecule has 0 bridgehead atoms. The Labute approximate surface area is 105 Å². The molecule has 98 valence electrons. The van der Waals surface area contributed by atoms with Crippen molar-refractivity contribution in [2.75, 3.05) is 0 Å². The minimum atomic E-state index is -0.714. The van der Waals surface area contributed by atoms with Crippen molar-refractivity contribution in [1.29, 1.82) is 0 Å². The van der Waals surface area contributed by atoms with Gasteiger partial charge < -0.3 is 10.4 Å². The van der Waals surface area contributed by atoms with Crippen molar-refractivity contribution in [3.63, 3.8) is 0 Å². The highest BCUT2D eigenvalue weighted by Gasteiger charge is 2.26. The summed E-state index contributed by atoms with van der Waals surface area (Å²) in [5.74, 6) is -1.31. The molecule has 1 aromatic heterocycles. The van der Waals surface area contributed by atoms with E-state index in [0.717, 1.165) is 24.8 Å². The van der Waals surface area contributed by atoms with Crippen LogP contribution in [0.2, 0.25) is 0 Å². The average molecular weight is 252 g/mol. The number of halogens is 1. The second-order valence-corrected chi connectivity index (χ2v) is 4.79. The molecule has 1 aromatic rings. The molecule has 18 heavy (non-hydrogen) atoms. The molecule has 5 heteroatoms. The largest absolute Gasteiger partial charge is 0.481 e. The molecule has 0 saturated heterocycles. The molecule has 2 rings (SSSR count). The molecule has 4 nitrogen and oxygen atoms in total. The zero-order valence-electron chi connectivity index (χ0n) is 10.1. The maximum atomic E-state index is 12.9. The van der Waals surface area contributed by atoms with Gasteiger partial charge in [0.2, 0.25) is 0 Å². The standard InChI is InChI=1S/C13H17FN2O2/c14-11-4-9(6-15-8-11)7-16-12-3-1-2-10(5-12)13(17)18/h4,6,8,10,12,16H,1-3,5,7H2,(H,17,18). The summed E-state index contributed by atoms with van der Waals surface area (Å²) in [4.78, 5) is 14.7. The number of carbonyl (C=O) groups is 1. The first-order valence-electron chi connectivity index (χ1n) is 6.21. The Hall–Kier alpha value is -1.49. The summed E-state index contributed by atoms with van der Waals surface area (Å²) in [5, 5.41) is 12.3. The fourth-order valence-electron chi connectivity index (χ4n) is 2.41. The molecule has 1 fully saturated rings. The molecule has 1 heterocycles. The predicted octanol–water partition coefficient (Wildman–Crippen LogP) is 1.95. The number of carboxylic acids is 1. The van der Waals surface area contributed by atoms with E-state index < -0.39 is 5.97 Å². The second kappa shape index (κ2) is 5.91. The molecular formula is C13H17FN2O2. The summed E-state index contributed by atoms with van der Waals surface area (Å²) >= 11 is 0. The van der Waals surface area contributed by atoms with Crippen LogP contribution in [-0.2, 0) is 11.3 Å². The van der Waals surface area contributed by atoms with Gasteiger partial charge in [0.15, 0.2) is 0 Å². The number of hydrogen-bond donors (Lipinski definition) is 2. The first kappa shape index (κ1) is 13.0. The monoisotopic (exact) mass is 252 g/mol. The molecule has 0 radical (unpaired) electrons. The third-order valence-electron chi connectivity index (χ3n) is 3.38. The van der Waals surface area contributed by atoms with Crippen LogP contribution in [0.15, 0.2) is 18.5 Å². The zero-order chi connectivity index (χ0) is 13.0. The van der Waals surface area contributed by atoms with E-state index in [1.807, 2.05) is 0 Å². The van der Waals surface area contributed by atoms with Crippen LogP contribution < -0.4 is 5.32 Å². The molecule has 0 amide bonds. The Kier molecular flexibility index (Phi) is 4.25. The lowest BCUT2D eigenvalue weighted by Crippen LogP contribution is -2.36. The lowest BCUT2D eigenvalue weighted by molar-refractivity contribution is -0.143. The Balaban J connectivity index is 1.84. The summed E-state index contributed by atoms with van der Waals surface area (Å²) in [7, 11) is 0. The van der Waals surface area contributed by atoms with Gasteiger partial charge in [0.25, 0.3) is 0 Å². The lowest BCUT2D eigenvalue weighted by Gasteiger charge is -2.27. The molecule has 1 saturated carbocycles. The van der Waals surface area contributed by atoms with Gasteiger partial charge in [-0.15, -0.1) is 0 Å². The predicted molar refractivity (Wildman–Crippen MR) is 64.4 cm³/mol. The number of nitrogens with zero attached hydrogens (tertiary/aromatic N) is 1. The molecule has 0 spiro atoms. The van der Waals surface area contributed by atoms with Crippen LogP contribution in [0.25, 0.3) is 0 Å². The number of pyridine rings is 1. The third-order valence-corrected chi connectivity index (χ3v) is 3.38. The molecule has 0 aliphatic heterocycles. The molecular weight excluding hydrogens is 235 g/mol. The summed E-state index contributed by atoms with van der Waals surface area (Å²) in [6.45, 7) is 0.530. The van der Waals surface area contributed by atoms with Gasteiger partial charge in [-0.25, -0.2) is 4.39 Å². The Bertz CT molecular complexity index is 425. The third kappa shape index (κ3) is 3.50. The molecule has 2 atom stereocenters. The van der Waals surface area contributed by atoms with Gasteiger partial charge in [0.1, 0.15) is 5.82 Å². The number of aromatic nitrogens is 1. The first-order chi connectivity index (χ1) is 8.65. The minimum Gasteiger partial charge on any atom is -0.481 e. The van der Waals surface area contributed by atoms with Crippen molar-refractivity contribution in [2.24, 2.45) is 5.92 Å². The number of carboxylic acid groups (broad SMARTS) is 1. The van der Waals surface area contributed by atoms with Gasteiger partial charge in [-0.05, 0) is 30.9 Å². The topological polar surface area (TPSA) is 62.2 Å². The van der Waals surface area contributed by atoms with Crippen LogP contribution >= 0.6 is 0 Å². The van der Waals surface area contributed by atoms with Crippen molar-refractivity contribution in [3.05, 3.63) is 29.8 Å². The minimum absolute atomic E-state index is 0.197. The van der Waals surface area contributed by atoms with Crippen LogP contribution in [0.1, 0.15) is 31.2 Å². The highest BCUT2D eigenvalue weighted by atomic mass is 19.1. The summed E-state index contributed by atoms with van der Waals surface area (Å²) in [6.07, 6.45) is 6.10. The fraction of sp³-hybridized carbons (Fsp3) is 0.538. The maximum Gasteiger partial charge on any atom is 0.306 e. The first-order valence-corrected chi connectivity index (χ1v) is 6.21. The van der Waals surface area contributed by atoms with Crippen molar-refractivity contribution in [1.82, 2.24) is 10.3 Å². The fourth-order valence-corrected chi connectivity index (χ4v) is 2.41. The normalized spacial score (nSPS) is 23.8. The number of aliphatic carboxylic acids is 1. The average Bonchev–Trinajstić information content (AvgIpc) is 2.37. The van der Waals surface area contributed by atoms with E-state index in [-0.39, 0.29) is 17.8 Å². The summed E-state index contributed by atoms with van der Waals surface area (Å²) < 4.78 is 12.9. The van der Waals surface area contributed by atoms with E-state index in [4.69, 9.17) is 5.11 Å². The molecule has 1 aliphatic rings. The van der Waals surface area contributed by atoms with Gasteiger partial charge >= 0.3 is 5.97 Å². The van der Waals surface area contributed by atoms with Crippen molar-refractivity contribution in [3.8, 4) is 0 Å². The van der Waals surface area contributed by atoms with Gasteiger partial charge in [0, 0.05) is 18.8 Å². The van der Waals surface area contributed by atoms with Crippen molar-refractivity contribution in [2.45, 2.75) is 38.3 Å². The van der Waals surface area contributed by atoms with Crippen LogP contribution in [0.5, 0.6) is 0 Å². The van der Waals surface area contributed by atoms with Gasteiger partial charge in [-0.1, -0.05) is 6.42 Å². The van der Waals surface area contributed by atoms with Crippen LogP contribution in [0.4, 0.5) is 4.39 Å². The molecule has 2 N–H and O–H groups in total. The molecule has 2 unspecified atom stereocenters. The highest BCUT2D eigenvalue weighted by molar-refractivity contribution is 5.70. The van der Waals surface area contributed by atoms with E-state index in [2.05, 4.69) is 10.3 Å². The highest BCUT2D eigenvalue weighted by Crippen LogP contribution is 2.24. The number of hydrogen-bond acceptors (Lipinski definition) is 3. The molecule has 1 aliphatic carbocycles. The van der Waals surface area contributed by atoms with E-state index in [9.17, 15) is 9.18 Å². The molecule has 0 aromatic carbocycles. The van der Waals surface area contributed by atoms with Crippen molar-refractivity contribution >= 4 is 5.97 Å². The van der Waals surface area contributed by atoms with Crippen LogP contribution in [0, 0.1) is 11.7 Å². The smallest absolute Gasteiger partial charge is 0.306 e. The Morgan fingerprint density at radius 2 is 2.33 bits per heavy atom. The lowest BCUT2D eigenvalue weighted by atomic mass is 9.86. The Morgan fingerprint density at radius 3 is 3.06 bits per heavy atom. The number of rotatable bonds is 4. The van der Waals surface area contributed by atoms with Crippen molar-refractivity contribution < 1.29 is 14.3 Å². The number of nitrogens with one attached hydrogen (secondary N) is 1. The van der Waals surface area contributed by atoms with E-state index in [1.165, 1.54) is 12.3 Å². The van der Waals surface area contributed by atoms with Crippen LogP contribution in [-0.4, -0.2) is 22.1 Å². The van der Waals surface area contributed by atoms with E-state index in [0.29, 0.717) is 13.0 Å². The maximum absolute atomic E-state index is 12.9. The zero-order valence-corrected chi connectivity index (χ0v) is 10.1. The van der Waals surface area contributed by atoms with E-state index >= 15 is 0 Å². The quantitative estimate of drug-likeness (QED) is 0.859. The van der Waals surface area contributed by atoms with Gasteiger partial charge in [0.05, 0.1) is 12.1 Å². The summed E-state index contributed by atoms with van der Waals surface area (Å²) in [5.41, 5.74) is 0.785. The van der Waals surface area contributed by atoms with Gasteiger partial charge in [-0.2, -0.15) is 0 Å². The second-order valence-electron chi connectivity index (χ2n) is 4.79. The van der Waals surface area contributed by atoms with Gasteiger partial charge in [-0.3, -0.25) is 9.78 Å².